The number of carboxylic acid groups (broad SMARTS) is 1. The van der Waals surface area contributed by atoms with Crippen LogP contribution in [0.2, 0.25) is 8.67 Å². The molecule has 2 unspecified atom stereocenters. The van der Waals surface area contributed by atoms with E-state index in [9.17, 15) is 9.59 Å². The fourth-order valence-corrected chi connectivity index (χ4v) is 3.19. The van der Waals surface area contributed by atoms with Crippen LogP contribution in [0.4, 0.5) is 0 Å². The highest BCUT2D eigenvalue weighted by Gasteiger charge is 2.20. The van der Waals surface area contributed by atoms with E-state index in [-0.39, 0.29) is 11.9 Å². The molecular weight excluding hydrogens is 321 g/mol. The van der Waals surface area contributed by atoms with Crippen LogP contribution in [-0.2, 0) is 16.0 Å². The molecule has 0 saturated heterocycles. The Morgan fingerprint density at radius 2 is 2.05 bits per heavy atom. The molecule has 0 aromatic carbocycles. The summed E-state index contributed by atoms with van der Waals surface area (Å²) in [4.78, 5) is 22.5. The van der Waals surface area contributed by atoms with Crippen molar-refractivity contribution in [1.29, 1.82) is 0 Å². The molecule has 0 radical (unpaired) electrons. The number of carbonyl (C=O) groups excluding carboxylic acids is 1. The predicted octanol–water partition coefficient (Wildman–Crippen LogP) is 3.60. The van der Waals surface area contributed by atoms with Crippen LogP contribution in [0.25, 0.3) is 0 Å². The minimum absolute atomic E-state index is 0.150. The Hall–Kier alpha value is -0.780. The van der Waals surface area contributed by atoms with Crippen molar-refractivity contribution < 1.29 is 14.7 Å². The average Bonchev–Trinajstić information content (AvgIpc) is 2.66. The summed E-state index contributed by atoms with van der Waals surface area (Å²) in [5.74, 6) is -1.68. The number of aliphatic carboxylic acids is 1. The second kappa shape index (κ2) is 7.86. The van der Waals surface area contributed by atoms with E-state index < -0.39 is 11.9 Å². The summed E-state index contributed by atoms with van der Waals surface area (Å²) >= 11 is 13.1. The molecule has 2 N–H and O–H groups in total. The lowest BCUT2D eigenvalue weighted by Gasteiger charge is -2.17. The van der Waals surface area contributed by atoms with Crippen molar-refractivity contribution in [3.05, 3.63) is 20.3 Å². The second-order valence-corrected chi connectivity index (χ2v) is 6.97. The lowest BCUT2D eigenvalue weighted by Crippen LogP contribution is -2.39. The lowest BCUT2D eigenvalue weighted by atomic mass is 10.0. The van der Waals surface area contributed by atoms with Gasteiger partial charge in [0, 0.05) is 12.5 Å². The van der Waals surface area contributed by atoms with E-state index in [1.54, 1.807) is 13.8 Å². The standard InChI is InChI=1S/C13H17Cl2NO3S/c1-7(13(18)19)8(2)16-11(17)5-3-4-9-6-10(14)20-12(9)15/h6-8H,3-5H2,1-2H3,(H,16,17)(H,18,19). The molecule has 7 heteroatoms. The fourth-order valence-electron chi connectivity index (χ4n) is 1.65. The molecule has 0 fully saturated rings. The smallest absolute Gasteiger partial charge is 0.308 e. The molecule has 1 aromatic heterocycles. The van der Waals surface area contributed by atoms with Gasteiger partial charge in [0.25, 0.3) is 0 Å². The molecule has 0 aliphatic carbocycles. The van der Waals surface area contributed by atoms with Crippen LogP contribution in [0.15, 0.2) is 6.07 Å². The van der Waals surface area contributed by atoms with Crippen LogP contribution in [0, 0.1) is 5.92 Å². The molecule has 1 aromatic rings. The summed E-state index contributed by atoms with van der Waals surface area (Å²) in [6.45, 7) is 3.26. The molecule has 0 bridgehead atoms. The average molecular weight is 338 g/mol. The first-order valence-electron chi connectivity index (χ1n) is 6.27. The first-order chi connectivity index (χ1) is 9.31. The van der Waals surface area contributed by atoms with E-state index >= 15 is 0 Å². The van der Waals surface area contributed by atoms with Gasteiger partial charge < -0.3 is 10.4 Å². The molecule has 112 valence electrons. The van der Waals surface area contributed by atoms with Crippen molar-refractivity contribution in [2.24, 2.45) is 5.92 Å². The fraction of sp³-hybridized carbons (Fsp3) is 0.538. The number of nitrogens with one attached hydrogen (secondary N) is 1. The van der Waals surface area contributed by atoms with E-state index in [0.29, 0.717) is 27.9 Å². The molecule has 0 aliphatic rings. The van der Waals surface area contributed by atoms with Gasteiger partial charge in [0.1, 0.15) is 0 Å². The Bertz CT molecular complexity index is 490. The van der Waals surface area contributed by atoms with Gasteiger partial charge in [0.15, 0.2) is 0 Å². The topological polar surface area (TPSA) is 66.4 Å². The van der Waals surface area contributed by atoms with Gasteiger partial charge in [0.05, 0.1) is 14.6 Å². The maximum Gasteiger partial charge on any atom is 0.308 e. The monoisotopic (exact) mass is 337 g/mol. The Kier molecular flexibility index (Phi) is 6.79. The van der Waals surface area contributed by atoms with Gasteiger partial charge in [-0.3, -0.25) is 9.59 Å². The van der Waals surface area contributed by atoms with Gasteiger partial charge in [-0.1, -0.05) is 23.2 Å². The van der Waals surface area contributed by atoms with Crippen LogP contribution in [0.3, 0.4) is 0 Å². The third kappa shape index (κ3) is 5.31. The van der Waals surface area contributed by atoms with Crippen molar-refractivity contribution >= 4 is 46.4 Å². The predicted molar refractivity (Wildman–Crippen MR) is 81.7 cm³/mol. The Labute approximate surface area is 132 Å². The highest BCUT2D eigenvalue weighted by Crippen LogP contribution is 2.31. The van der Waals surface area contributed by atoms with E-state index in [2.05, 4.69) is 5.32 Å². The molecular formula is C13H17Cl2NO3S. The van der Waals surface area contributed by atoms with E-state index in [0.717, 1.165) is 5.56 Å². The van der Waals surface area contributed by atoms with Crippen molar-refractivity contribution in [1.82, 2.24) is 5.32 Å². The number of carbonyl (C=O) groups is 2. The van der Waals surface area contributed by atoms with E-state index in [1.807, 2.05) is 6.07 Å². The van der Waals surface area contributed by atoms with Crippen LogP contribution in [0.1, 0.15) is 32.3 Å². The van der Waals surface area contributed by atoms with Crippen molar-refractivity contribution in [3.8, 4) is 0 Å². The lowest BCUT2D eigenvalue weighted by molar-refractivity contribution is -0.142. The van der Waals surface area contributed by atoms with Crippen LogP contribution < -0.4 is 5.32 Å². The van der Waals surface area contributed by atoms with Gasteiger partial charge in [-0.25, -0.2) is 0 Å². The zero-order valence-corrected chi connectivity index (χ0v) is 13.6. The van der Waals surface area contributed by atoms with Crippen LogP contribution >= 0.6 is 34.5 Å². The second-order valence-electron chi connectivity index (χ2n) is 4.69. The molecule has 1 rings (SSSR count). The van der Waals surface area contributed by atoms with Gasteiger partial charge in [-0.15, -0.1) is 11.3 Å². The molecule has 2 atom stereocenters. The third-order valence-electron chi connectivity index (χ3n) is 3.11. The number of aryl methyl sites for hydroxylation is 1. The Morgan fingerprint density at radius 3 is 2.55 bits per heavy atom. The van der Waals surface area contributed by atoms with Crippen molar-refractivity contribution in [3.63, 3.8) is 0 Å². The van der Waals surface area contributed by atoms with Crippen LogP contribution in [0.5, 0.6) is 0 Å². The number of halogens is 2. The van der Waals surface area contributed by atoms with Crippen molar-refractivity contribution in [2.75, 3.05) is 0 Å². The molecule has 0 spiro atoms. The van der Waals surface area contributed by atoms with Gasteiger partial charge >= 0.3 is 5.97 Å². The van der Waals surface area contributed by atoms with Crippen molar-refractivity contribution in [2.45, 2.75) is 39.2 Å². The van der Waals surface area contributed by atoms with Crippen LogP contribution in [-0.4, -0.2) is 23.0 Å². The maximum absolute atomic E-state index is 11.7. The first-order valence-corrected chi connectivity index (χ1v) is 7.84. The Morgan fingerprint density at radius 1 is 1.40 bits per heavy atom. The normalized spacial score (nSPS) is 13.8. The highest BCUT2D eigenvalue weighted by molar-refractivity contribution is 7.20. The summed E-state index contributed by atoms with van der Waals surface area (Å²) < 4.78 is 1.29. The summed E-state index contributed by atoms with van der Waals surface area (Å²) in [6.07, 6.45) is 1.66. The quantitative estimate of drug-likeness (QED) is 0.798. The zero-order chi connectivity index (χ0) is 15.3. The largest absolute Gasteiger partial charge is 0.481 e. The van der Waals surface area contributed by atoms with Gasteiger partial charge in [-0.05, 0) is 38.3 Å². The molecule has 0 saturated carbocycles. The number of thiophene rings is 1. The summed E-state index contributed by atoms with van der Waals surface area (Å²) in [5.41, 5.74) is 0.946. The summed E-state index contributed by atoms with van der Waals surface area (Å²) in [6, 6.07) is 1.42. The number of carboxylic acids is 1. The SMILES string of the molecule is CC(NC(=O)CCCc1cc(Cl)sc1Cl)C(C)C(=O)O. The molecule has 1 amide bonds. The number of hydrogen-bond donors (Lipinski definition) is 2. The van der Waals surface area contributed by atoms with E-state index in [4.69, 9.17) is 28.3 Å². The van der Waals surface area contributed by atoms with E-state index in [1.165, 1.54) is 11.3 Å². The number of amides is 1. The minimum Gasteiger partial charge on any atom is -0.481 e. The van der Waals surface area contributed by atoms with Gasteiger partial charge in [0.2, 0.25) is 5.91 Å². The minimum atomic E-state index is -0.919. The molecule has 0 aliphatic heterocycles. The summed E-state index contributed by atoms with van der Waals surface area (Å²) in [7, 11) is 0. The number of hydrogen-bond acceptors (Lipinski definition) is 3. The highest BCUT2D eigenvalue weighted by atomic mass is 35.5. The Balaban J connectivity index is 2.33. The molecule has 1 heterocycles. The zero-order valence-electron chi connectivity index (χ0n) is 11.3. The first kappa shape index (κ1) is 17.3. The summed E-state index contributed by atoms with van der Waals surface area (Å²) in [5, 5.41) is 11.5. The third-order valence-corrected chi connectivity index (χ3v) is 4.67. The molecule has 20 heavy (non-hydrogen) atoms. The molecule has 4 nitrogen and oxygen atoms in total. The van der Waals surface area contributed by atoms with Gasteiger partial charge in [-0.2, -0.15) is 0 Å². The number of rotatable bonds is 7. The maximum atomic E-state index is 11.7.